The van der Waals surface area contributed by atoms with Gasteiger partial charge in [-0.1, -0.05) is 0 Å². The molecule has 1 aromatic heterocycles. The van der Waals surface area contributed by atoms with Gasteiger partial charge >= 0.3 is 0 Å². The second kappa shape index (κ2) is 5.28. The van der Waals surface area contributed by atoms with E-state index in [9.17, 15) is 4.79 Å². The normalized spacial score (nSPS) is 19.7. The summed E-state index contributed by atoms with van der Waals surface area (Å²) in [6, 6.07) is 6.46. The Kier molecular flexibility index (Phi) is 3.66. The maximum Gasteiger partial charge on any atom is 0.220 e. The summed E-state index contributed by atoms with van der Waals surface area (Å²) in [6.07, 6.45) is 1.41. The van der Waals surface area contributed by atoms with Crippen molar-refractivity contribution in [3.8, 4) is 0 Å². The van der Waals surface area contributed by atoms with E-state index in [1.54, 1.807) is 0 Å². The number of rotatable bonds is 2. The molecule has 1 amide bonds. The number of imidazole rings is 1. The molecule has 0 bridgehead atoms. The van der Waals surface area contributed by atoms with Crippen LogP contribution < -0.4 is 5.32 Å². The minimum atomic E-state index is 0.127. The van der Waals surface area contributed by atoms with Gasteiger partial charge in [0.05, 0.1) is 23.0 Å². The van der Waals surface area contributed by atoms with Crippen LogP contribution in [-0.4, -0.2) is 22.0 Å². The first-order chi connectivity index (χ1) is 9.19. The van der Waals surface area contributed by atoms with Crippen molar-refractivity contribution in [3.63, 3.8) is 0 Å². The Morgan fingerprint density at radius 3 is 3.05 bits per heavy atom. The van der Waals surface area contributed by atoms with E-state index in [4.69, 9.17) is 11.6 Å². The number of piperidine rings is 1. The summed E-state index contributed by atoms with van der Waals surface area (Å²) in [5, 5.41) is 2.92. The Bertz CT molecular complexity index is 630. The zero-order chi connectivity index (χ0) is 13.4. The van der Waals surface area contributed by atoms with E-state index in [0.717, 1.165) is 26.8 Å². The predicted molar refractivity (Wildman–Crippen MR) is 83.3 cm³/mol. The summed E-state index contributed by atoms with van der Waals surface area (Å²) in [5.74, 6) is 1.39. The number of fused-ring (bicyclic) bond motifs is 1. The first kappa shape index (κ1) is 13.2. The standard InChI is InChI=1S/C13H13ClIN3O/c14-6-12-17-10-5-8(15)1-3-11(10)18(12)9-2-4-13(19)16-7-9/h1,3,5,9H,2,4,6-7H2,(H,16,19). The van der Waals surface area contributed by atoms with Crippen molar-refractivity contribution < 1.29 is 4.79 Å². The van der Waals surface area contributed by atoms with Crippen molar-refractivity contribution in [2.45, 2.75) is 24.8 Å². The van der Waals surface area contributed by atoms with Crippen LogP contribution in [0, 0.1) is 3.57 Å². The van der Waals surface area contributed by atoms with Gasteiger partial charge in [-0.25, -0.2) is 4.98 Å². The molecule has 4 nitrogen and oxygen atoms in total. The number of hydrogen-bond donors (Lipinski definition) is 1. The van der Waals surface area contributed by atoms with Crippen molar-refractivity contribution in [1.82, 2.24) is 14.9 Å². The van der Waals surface area contributed by atoms with E-state index >= 15 is 0 Å². The monoisotopic (exact) mass is 389 g/mol. The largest absolute Gasteiger partial charge is 0.354 e. The minimum Gasteiger partial charge on any atom is -0.354 e. The van der Waals surface area contributed by atoms with E-state index in [1.165, 1.54) is 0 Å². The average molecular weight is 390 g/mol. The van der Waals surface area contributed by atoms with E-state index in [-0.39, 0.29) is 11.9 Å². The van der Waals surface area contributed by atoms with Crippen molar-refractivity contribution in [2.24, 2.45) is 0 Å². The highest BCUT2D eigenvalue weighted by Gasteiger charge is 2.23. The van der Waals surface area contributed by atoms with Crippen LogP contribution in [0.4, 0.5) is 0 Å². The van der Waals surface area contributed by atoms with Gasteiger partial charge in [0.2, 0.25) is 5.91 Å². The lowest BCUT2D eigenvalue weighted by atomic mass is 10.1. The number of benzene rings is 1. The number of aromatic nitrogens is 2. The molecule has 1 atom stereocenters. The summed E-state index contributed by atoms with van der Waals surface area (Å²) in [5.41, 5.74) is 2.07. The first-order valence-corrected chi connectivity index (χ1v) is 7.79. The third kappa shape index (κ3) is 2.45. The molecular weight excluding hydrogens is 377 g/mol. The van der Waals surface area contributed by atoms with Gasteiger partial charge < -0.3 is 9.88 Å². The smallest absolute Gasteiger partial charge is 0.220 e. The molecule has 0 radical (unpaired) electrons. The van der Waals surface area contributed by atoms with Crippen molar-refractivity contribution in [2.75, 3.05) is 6.54 Å². The molecule has 1 aliphatic rings. The summed E-state index contributed by atoms with van der Waals surface area (Å²) < 4.78 is 3.34. The maximum atomic E-state index is 11.3. The summed E-state index contributed by atoms with van der Waals surface area (Å²) in [7, 11) is 0. The highest BCUT2D eigenvalue weighted by molar-refractivity contribution is 14.1. The van der Waals surface area contributed by atoms with Crippen LogP contribution in [0.5, 0.6) is 0 Å². The highest BCUT2D eigenvalue weighted by Crippen LogP contribution is 2.27. The lowest BCUT2D eigenvalue weighted by molar-refractivity contribution is -0.122. The van der Waals surface area contributed by atoms with E-state index in [2.05, 4.69) is 55.7 Å². The molecule has 1 aliphatic heterocycles. The zero-order valence-electron chi connectivity index (χ0n) is 10.2. The second-order valence-corrected chi connectivity index (χ2v) is 6.17. The van der Waals surface area contributed by atoms with Gasteiger partial charge in [0, 0.05) is 16.5 Å². The van der Waals surface area contributed by atoms with Crippen LogP contribution in [0.25, 0.3) is 11.0 Å². The molecule has 100 valence electrons. The van der Waals surface area contributed by atoms with Gasteiger partial charge in [-0.15, -0.1) is 11.6 Å². The van der Waals surface area contributed by atoms with Crippen LogP contribution in [0.15, 0.2) is 18.2 Å². The number of carbonyl (C=O) groups excluding carboxylic acids is 1. The molecule has 1 N–H and O–H groups in total. The number of carbonyl (C=O) groups is 1. The number of halogens is 2. The fraction of sp³-hybridized carbons (Fsp3) is 0.385. The number of hydrogen-bond acceptors (Lipinski definition) is 2. The van der Waals surface area contributed by atoms with Crippen LogP contribution in [-0.2, 0) is 10.7 Å². The SMILES string of the molecule is O=C1CCC(n2c(CCl)nc3cc(I)ccc32)CN1. The zero-order valence-corrected chi connectivity index (χ0v) is 13.1. The topological polar surface area (TPSA) is 46.9 Å². The molecule has 2 aromatic rings. The number of nitrogens with zero attached hydrogens (tertiary/aromatic N) is 2. The molecule has 0 saturated carbocycles. The first-order valence-electron chi connectivity index (χ1n) is 6.18. The highest BCUT2D eigenvalue weighted by atomic mass is 127. The minimum absolute atomic E-state index is 0.127. The van der Waals surface area contributed by atoms with E-state index in [0.29, 0.717) is 18.8 Å². The van der Waals surface area contributed by atoms with E-state index < -0.39 is 0 Å². The predicted octanol–water partition coefficient (Wildman–Crippen LogP) is 2.83. The lowest BCUT2D eigenvalue weighted by Gasteiger charge is -2.25. The van der Waals surface area contributed by atoms with Crippen LogP contribution >= 0.6 is 34.2 Å². The maximum absolute atomic E-state index is 11.3. The number of alkyl halides is 1. The summed E-state index contributed by atoms with van der Waals surface area (Å²) in [4.78, 5) is 15.9. The Balaban J connectivity index is 2.08. The molecule has 0 spiro atoms. The fourth-order valence-electron chi connectivity index (χ4n) is 2.56. The Morgan fingerprint density at radius 2 is 2.37 bits per heavy atom. The second-order valence-electron chi connectivity index (χ2n) is 4.66. The van der Waals surface area contributed by atoms with Gasteiger partial charge in [0.1, 0.15) is 5.82 Å². The molecule has 1 fully saturated rings. The van der Waals surface area contributed by atoms with Crippen LogP contribution in [0.1, 0.15) is 24.7 Å². The fourth-order valence-corrected chi connectivity index (χ4v) is 3.23. The van der Waals surface area contributed by atoms with E-state index in [1.807, 2.05) is 0 Å². The molecule has 1 aromatic carbocycles. The van der Waals surface area contributed by atoms with Crippen molar-refractivity contribution in [3.05, 3.63) is 27.6 Å². The van der Waals surface area contributed by atoms with Crippen LogP contribution in [0.2, 0.25) is 0 Å². The third-order valence-corrected chi connectivity index (χ3v) is 4.36. The molecule has 1 saturated heterocycles. The lowest BCUT2D eigenvalue weighted by Crippen LogP contribution is -2.36. The van der Waals surface area contributed by atoms with Gasteiger partial charge in [0.15, 0.2) is 0 Å². The number of nitrogens with one attached hydrogen (secondary N) is 1. The molecule has 19 heavy (non-hydrogen) atoms. The Hall–Kier alpha value is -0.820. The molecule has 2 heterocycles. The Labute approximate surface area is 129 Å². The molecule has 3 rings (SSSR count). The summed E-state index contributed by atoms with van der Waals surface area (Å²) >= 11 is 8.30. The van der Waals surface area contributed by atoms with Crippen molar-refractivity contribution >= 4 is 51.1 Å². The Morgan fingerprint density at radius 1 is 1.53 bits per heavy atom. The molecular formula is C13H13ClIN3O. The average Bonchev–Trinajstić information content (AvgIpc) is 2.77. The van der Waals surface area contributed by atoms with Gasteiger partial charge in [-0.2, -0.15) is 0 Å². The van der Waals surface area contributed by atoms with Crippen molar-refractivity contribution in [1.29, 1.82) is 0 Å². The quantitative estimate of drug-likeness (QED) is 0.634. The van der Waals surface area contributed by atoms with Crippen LogP contribution in [0.3, 0.4) is 0 Å². The van der Waals surface area contributed by atoms with Gasteiger partial charge in [0.25, 0.3) is 0 Å². The summed E-state index contributed by atoms with van der Waals surface area (Å²) in [6.45, 7) is 0.653. The van der Waals surface area contributed by atoms with Gasteiger partial charge in [-0.05, 0) is 47.2 Å². The third-order valence-electron chi connectivity index (χ3n) is 3.45. The molecule has 1 unspecified atom stereocenters. The van der Waals surface area contributed by atoms with Gasteiger partial charge in [-0.3, -0.25) is 4.79 Å². The molecule has 0 aliphatic carbocycles. The number of amides is 1. The molecule has 6 heteroatoms.